The Bertz CT molecular complexity index is 518. The first-order valence-electron chi connectivity index (χ1n) is 5.14. The van der Waals surface area contributed by atoms with Crippen LogP contribution in [0.5, 0.6) is 0 Å². The quantitative estimate of drug-likeness (QED) is 0.728. The molecule has 0 aliphatic carbocycles. The van der Waals surface area contributed by atoms with Crippen LogP contribution in [0.25, 0.3) is 11.1 Å². The largest absolute Gasteiger partial charge is 0.298 e. The van der Waals surface area contributed by atoms with E-state index in [4.69, 9.17) is 0 Å². The highest BCUT2D eigenvalue weighted by molar-refractivity contribution is 5.78. The minimum absolute atomic E-state index is 0.000270. The third-order valence-electron chi connectivity index (χ3n) is 2.52. The first kappa shape index (κ1) is 11.5. The van der Waals surface area contributed by atoms with Crippen molar-refractivity contribution in [1.82, 2.24) is 0 Å². The summed E-state index contributed by atoms with van der Waals surface area (Å²) in [5.41, 5.74) is 2.23. The molecule has 17 heavy (non-hydrogen) atoms. The van der Waals surface area contributed by atoms with E-state index in [9.17, 15) is 13.6 Å². The Balaban J connectivity index is 2.36. The first-order valence-corrected chi connectivity index (χ1v) is 5.14. The van der Waals surface area contributed by atoms with Crippen molar-refractivity contribution < 1.29 is 13.6 Å². The second-order valence-corrected chi connectivity index (χ2v) is 3.67. The molecule has 0 unspecified atom stereocenters. The summed E-state index contributed by atoms with van der Waals surface area (Å²) in [6.07, 6.45) is -1.69. The van der Waals surface area contributed by atoms with Crippen molar-refractivity contribution in [2.24, 2.45) is 0 Å². The zero-order valence-corrected chi connectivity index (χ0v) is 8.94. The van der Waals surface area contributed by atoms with E-state index in [0.717, 1.165) is 17.4 Å². The van der Waals surface area contributed by atoms with Gasteiger partial charge in [-0.1, -0.05) is 42.5 Å². The standard InChI is InChI=1S/C14H10F2O/c15-14(16)12-6-4-11(5-7-12)13-3-1-2-10(8-13)9-17/h1-9,14H. The SMILES string of the molecule is O=Cc1cccc(-c2ccc(C(F)F)cc2)c1. The summed E-state index contributed by atoms with van der Waals surface area (Å²) in [5.74, 6) is 0. The molecule has 0 atom stereocenters. The van der Waals surface area contributed by atoms with Gasteiger partial charge >= 0.3 is 0 Å². The molecule has 0 heterocycles. The summed E-state index contributed by atoms with van der Waals surface area (Å²) in [7, 11) is 0. The molecule has 2 aromatic rings. The minimum Gasteiger partial charge on any atom is -0.298 e. The molecule has 0 fully saturated rings. The number of rotatable bonds is 3. The van der Waals surface area contributed by atoms with Crippen LogP contribution in [0.1, 0.15) is 22.3 Å². The lowest BCUT2D eigenvalue weighted by atomic mass is 10.0. The first-order chi connectivity index (χ1) is 8.20. The molecular formula is C14H10F2O. The Morgan fingerprint density at radius 3 is 2.24 bits per heavy atom. The highest BCUT2D eigenvalue weighted by atomic mass is 19.3. The van der Waals surface area contributed by atoms with Gasteiger partial charge in [-0.05, 0) is 17.2 Å². The van der Waals surface area contributed by atoms with Crippen molar-refractivity contribution in [3.05, 3.63) is 59.7 Å². The van der Waals surface area contributed by atoms with E-state index in [1.54, 1.807) is 30.3 Å². The second kappa shape index (κ2) is 4.87. The predicted molar refractivity (Wildman–Crippen MR) is 62.2 cm³/mol. The van der Waals surface area contributed by atoms with Gasteiger partial charge in [-0.2, -0.15) is 0 Å². The van der Waals surface area contributed by atoms with Crippen LogP contribution in [0.3, 0.4) is 0 Å². The fourth-order valence-electron chi connectivity index (χ4n) is 1.61. The number of hydrogen-bond acceptors (Lipinski definition) is 1. The Hall–Kier alpha value is -2.03. The summed E-state index contributed by atoms with van der Waals surface area (Å²) >= 11 is 0. The number of halogens is 2. The molecule has 0 spiro atoms. The zero-order valence-electron chi connectivity index (χ0n) is 8.94. The maximum Gasteiger partial charge on any atom is 0.263 e. The van der Waals surface area contributed by atoms with Crippen LogP contribution in [0, 0.1) is 0 Å². The van der Waals surface area contributed by atoms with Gasteiger partial charge in [-0.25, -0.2) is 8.78 Å². The number of carbonyl (C=O) groups excluding carboxylic acids is 1. The zero-order chi connectivity index (χ0) is 12.3. The fourth-order valence-corrected chi connectivity index (χ4v) is 1.61. The van der Waals surface area contributed by atoms with Crippen molar-refractivity contribution in [2.75, 3.05) is 0 Å². The van der Waals surface area contributed by atoms with Gasteiger partial charge in [-0.15, -0.1) is 0 Å². The Kier molecular flexibility index (Phi) is 3.28. The molecule has 0 radical (unpaired) electrons. The molecule has 86 valence electrons. The van der Waals surface area contributed by atoms with Gasteiger partial charge < -0.3 is 0 Å². The summed E-state index contributed by atoms with van der Waals surface area (Å²) in [6, 6.07) is 13.1. The monoisotopic (exact) mass is 232 g/mol. The molecule has 0 N–H and O–H groups in total. The predicted octanol–water partition coefficient (Wildman–Crippen LogP) is 4.10. The molecule has 0 bridgehead atoms. The average molecular weight is 232 g/mol. The lowest BCUT2D eigenvalue weighted by molar-refractivity contribution is 0.112. The number of alkyl halides is 2. The summed E-state index contributed by atoms with van der Waals surface area (Å²) < 4.78 is 24.7. The molecule has 2 aromatic carbocycles. The molecule has 0 aromatic heterocycles. The molecule has 0 saturated carbocycles. The van der Waals surface area contributed by atoms with Crippen LogP contribution in [0.4, 0.5) is 8.78 Å². The molecule has 0 aliphatic rings. The van der Waals surface area contributed by atoms with E-state index in [2.05, 4.69) is 0 Å². The van der Waals surface area contributed by atoms with Gasteiger partial charge in [0.2, 0.25) is 0 Å². The lowest BCUT2D eigenvalue weighted by Crippen LogP contribution is -1.85. The Morgan fingerprint density at radius 1 is 0.941 bits per heavy atom. The number of carbonyl (C=O) groups is 1. The van der Waals surface area contributed by atoms with Gasteiger partial charge in [0.05, 0.1) is 0 Å². The van der Waals surface area contributed by atoms with E-state index < -0.39 is 6.43 Å². The lowest BCUT2D eigenvalue weighted by Gasteiger charge is -2.04. The van der Waals surface area contributed by atoms with Crippen LogP contribution in [-0.2, 0) is 0 Å². The molecule has 1 nitrogen and oxygen atoms in total. The smallest absolute Gasteiger partial charge is 0.263 e. The van der Waals surface area contributed by atoms with Gasteiger partial charge in [0.15, 0.2) is 0 Å². The summed E-state index contributed by atoms with van der Waals surface area (Å²) in [4.78, 5) is 10.6. The van der Waals surface area contributed by atoms with Crippen LogP contribution < -0.4 is 0 Å². The summed E-state index contributed by atoms with van der Waals surface area (Å²) in [5, 5.41) is 0. The number of benzene rings is 2. The third kappa shape index (κ3) is 2.56. The van der Waals surface area contributed by atoms with Gasteiger partial charge in [-0.3, -0.25) is 4.79 Å². The van der Waals surface area contributed by atoms with E-state index in [1.807, 2.05) is 6.07 Å². The van der Waals surface area contributed by atoms with Crippen LogP contribution in [0.2, 0.25) is 0 Å². The van der Waals surface area contributed by atoms with Gasteiger partial charge in [0.1, 0.15) is 6.29 Å². The maximum atomic E-state index is 12.4. The van der Waals surface area contributed by atoms with E-state index >= 15 is 0 Å². The fraction of sp³-hybridized carbons (Fsp3) is 0.0714. The minimum atomic E-state index is -2.45. The van der Waals surface area contributed by atoms with Gasteiger partial charge in [0.25, 0.3) is 6.43 Å². The van der Waals surface area contributed by atoms with Gasteiger partial charge in [0, 0.05) is 11.1 Å². The molecule has 0 amide bonds. The van der Waals surface area contributed by atoms with E-state index in [0.29, 0.717) is 5.56 Å². The average Bonchev–Trinajstić information content (AvgIpc) is 2.39. The van der Waals surface area contributed by atoms with Crippen LogP contribution in [-0.4, -0.2) is 6.29 Å². The van der Waals surface area contributed by atoms with Crippen molar-refractivity contribution in [3.63, 3.8) is 0 Å². The molecule has 0 aliphatic heterocycles. The molecule has 3 heteroatoms. The van der Waals surface area contributed by atoms with E-state index in [1.165, 1.54) is 12.1 Å². The third-order valence-corrected chi connectivity index (χ3v) is 2.52. The van der Waals surface area contributed by atoms with Crippen LogP contribution in [0.15, 0.2) is 48.5 Å². The van der Waals surface area contributed by atoms with E-state index in [-0.39, 0.29) is 5.56 Å². The Labute approximate surface area is 97.7 Å². The highest BCUT2D eigenvalue weighted by Gasteiger charge is 2.06. The number of aldehydes is 1. The maximum absolute atomic E-state index is 12.4. The highest BCUT2D eigenvalue weighted by Crippen LogP contribution is 2.24. The number of hydrogen-bond donors (Lipinski definition) is 0. The van der Waals surface area contributed by atoms with Crippen molar-refractivity contribution >= 4 is 6.29 Å². The molecule has 0 saturated heterocycles. The van der Waals surface area contributed by atoms with Crippen molar-refractivity contribution in [2.45, 2.75) is 6.43 Å². The Morgan fingerprint density at radius 2 is 1.65 bits per heavy atom. The van der Waals surface area contributed by atoms with Crippen molar-refractivity contribution in [3.8, 4) is 11.1 Å². The normalized spacial score (nSPS) is 10.5. The second-order valence-electron chi connectivity index (χ2n) is 3.67. The molecular weight excluding hydrogens is 222 g/mol. The van der Waals surface area contributed by atoms with Crippen LogP contribution >= 0.6 is 0 Å². The molecule has 2 rings (SSSR count). The van der Waals surface area contributed by atoms with Crippen molar-refractivity contribution in [1.29, 1.82) is 0 Å². The summed E-state index contributed by atoms with van der Waals surface area (Å²) in [6.45, 7) is 0. The topological polar surface area (TPSA) is 17.1 Å².